The van der Waals surface area contributed by atoms with E-state index in [1.54, 1.807) is 12.6 Å². The van der Waals surface area contributed by atoms with E-state index in [1.165, 1.54) is 32.1 Å². The van der Waals surface area contributed by atoms with E-state index in [-0.39, 0.29) is 0 Å². The number of aromatic nitrogens is 3. The minimum atomic E-state index is 0.474. The first kappa shape index (κ1) is 19.0. The quantitative estimate of drug-likeness (QED) is 0.590. The first-order valence-corrected chi connectivity index (χ1v) is 10.8. The van der Waals surface area contributed by atoms with Crippen LogP contribution in [0, 0.1) is 5.92 Å². The van der Waals surface area contributed by atoms with Crippen LogP contribution in [0.25, 0.3) is 0 Å². The number of aromatic amines is 1. The Morgan fingerprint density at radius 1 is 1.21 bits per heavy atom. The average Bonchev–Trinajstić information content (AvgIpc) is 3.46. The van der Waals surface area contributed by atoms with Crippen LogP contribution >= 0.6 is 0 Å². The van der Waals surface area contributed by atoms with Gasteiger partial charge in [-0.1, -0.05) is 19.3 Å². The molecule has 2 fully saturated rings. The van der Waals surface area contributed by atoms with Crippen LogP contribution in [-0.4, -0.2) is 52.2 Å². The van der Waals surface area contributed by atoms with Gasteiger partial charge in [-0.25, -0.2) is 4.98 Å². The number of piperidine rings is 1. The Hall–Kier alpha value is -2.31. The molecule has 0 amide bonds. The van der Waals surface area contributed by atoms with Gasteiger partial charge in [-0.3, -0.25) is 10.1 Å². The molecule has 28 heavy (non-hydrogen) atoms. The Balaban J connectivity index is 1.34. The van der Waals surface area contributed by atoms with Crippen molar-refractivity contribution in [3.63, 3.8) is 0 Å². The van der Waals surface area contributed by atoms with Crippen LogP contribution in [0.4, 0.5) is 0 Å². The zero-order valence-corrected chi connectivity index (χ0v) is 16.6. The summed E-state index contributed by atoms with van der Waals surface area (Å²) < 4.78 is 5.46. The van der Waals surface area contributed by atoms with Crippen LogP contribution in [0.3, 0.4) is 0 Å². The lowest BCUT2D eigenvalue weighted by atomic mass is 9.89. The summed E-state index contributed by atoms with van der Waals surface area (Å²) in [4.78, 5) is 11.8. The largest absolute Gasteiger partial charge is 0.469 e. The summed E-state index contributed by atoms with van der Waals surface area (Å²) in [5.41, 5.74) is 0. The maximum absolute atomic E-state index is 5.46. The molecule has 2 aliphatic rings. The molecule has 2 aromatic heterocycles. The molecule has 0 aromatic carbocycles. The third-order valence-electron chi connectivity index (χ3n) is 6.07. The molecule has 1 saturated carbocycles. The van der Waals surface area contributed by atoms with Crippen molar-refractivity contribution in [2.45, 2.75) is 57.3 Å². The highest BCUT2D eigenvalue weighted by Gasteiger charge is 2.24. The molecule has 2 aromatic rings. The maximum Gasteiger partial charge on any atom is 0.193 e. The number of guanidine groups is 1. The molecule has 0 radical (unpaired) electrons. The van der Waals surface area contributed by atoms with Crippen LogP contribution in [0.15, 0.2) is 34.1 Å². The number of furan rings is 1. The van der Waals surface area contributed by atoms with E-state index in [4.69, 9.17) is 9.41 Å². The Morgan fingerprint density at radius 3 is 2.79 bits per heavy atom. The Labute approximate surface area is 167 Å². The second-order valence-corrected chi connectivity index (χ2v) is 8.06. The molecule has 3 heterocycles. The molecule has 2 N–H and O–H groups in total. The maximum atomic E-state index is 5.46. The van der Waals surface area contributed by atoms with Crippen molar-refractivity contribution >= 4 is 5.96 Å². The highest BCUT2D eigenvalue weighted by molar-refractivity contribution is 5.80. The Kier molecular flexibility index (Phi) is 6.63. The van der Waals surface area contributed by atoms with Crippen LogP contribution in [0.5, 0.6) is 0 Å². The molecule has 1 aliphatic heterocycles. The molecule has 7 nitrogen and oxygen atoms in total. The number of rotatable bonds is 6. The molecular formula is C21H32N6O. The lowest BCUT2D eigenvalue weighted by Gasteiger charge is -2.34. The predicted octanol–water partition coefficient (Wildman–Crippen LogP) is 3.35. The van der Waals surface area contributed by atoms with Gasteiger partial charge >= 0.3 is 0 Å². The van der Waals surface area contributed by atoms with Crippen molar-refractivity contribution in [2.75, 3.05) is 26.2 Å². The fraction of sp³-hybridized carbons (Fsp3) is 0.667. The van der Waals surface area contributed by atoms with Gasteiger partial charge in [0.15, 0.2) is 5.96 Å². The number of nitrogens with zero attached hydrogens (tertiary/aromatic N) is 4. The lowest BCUT2D eigenvalue weighted by Crippen LogP contribution is -2.46. The summed E-state index contributed by atoms with van der Waals surface area (Å²) >= 11 is 0. The summed E-state index contributed by atoms with van der Waals surface area (Å²) in [5.74, 6) is 4.33. The predicted molar refractivity (Wildman–Crippen MR) is 109 cm³/mol. The SMILES string of the molecule is c1coc(CCNC(=NCC2CCCCC2)N2CCC(c3ncn[nH]3)CC2)c1. The highest BCUT2D eigenvalue weighted by atomic mass is 16.3. The number of hydrogen-bond acceptors (Lipinski definition) is 4. The second kappa shape index (κ2) is 9.75. The molecule has 1 saturated heterocycles. The van der Waals surface area contributed by atoms with Crippen LogP contribution in [0.2, 0.25) is 0 Å². The highest BCUT2D eigenvalue weighted by Crippen LogP contribution is 2.26. The summed E-state index contributed by atoms with van der Waals surface area (Å²) in [6.45, 7) is 3.80. The van der Waals surface area contributed by atoms with Crippen molar-refractivity contribution in [3.05, 3.63) is 36.3 Å². The molecule has 0 atom stereocenters. The van der Waals surface area contributed by atoms with E-state index in [0.717, 1.165) is 68.9 Å². The second-order valence-electron chi connectivity index (χ2n) is 8.06. The molecule has 0 spiro atoms. The summed E-state index contributed by atoms with van der Waals surface area (Å²) in [6, 6.07) is 3.98. The molecule has 4 rings (SSSR count). The number of nitrogens with one attached hydrogen (secondary N) is 2. The lowest BCUT2D eigenvalue weighted by molar-refractivity contribution is 0.296. The van der Waals surface area contributed by atoms with Gasteiger partial charge in [-0.2, -0.15) is 5.10 Å². The van der Waals surface area contributed by atoms with Crippen molar-refractivity contribution in [2.24, 2.45) is 10.9 Å². The smallest absolute Gasteiger partial charge is 0.193 e. The first-order valence-electron chi connectivity index (χ1n) is 10.8. The summed E-state index contributed by atoms with van der Waals surface area (Å²) in [6.07, 6.45) is 13.2. The molecule has 0 bridgehead atoms. The van der Waals surface area contributed by atoms with E-state index >= 15 is 0 Å². The van der Waals surface area contributed by atoms with Gasteiger partial charge in [0.05, 0.1) is 6.26 Å². The monoisotopic (exact) mass is 384 g/mol. The molecule has 152 valence electrons. The zero-order valence-electron chi connectivity index (χ0n) is 16.6. The van der Waals surface area contributed by atoms with Gasteiger partial charge in [-0.05, 0) is 43.7 Å². The third kappa shape index (κ3) is 5.14. The molecule has 1 aliphatic carbocycles. The van der Waals surface area contributed by atoms with Gasteiger partial charge in [0.25, 0.3) is 0 Å². The number of H-pyrrole nitrogens is 1. The summed E-state index contributed by atoms with van der Waals surface area (Å²) in [7, 11) is 0. The van der Waals surface area contributed by atoms with Gasteiger partial charge in [-0.15, -0.1) is 0 Å². The van der Waals surface area contributed by atoms with Crippen molar-refractivity contribution in [3.8, 4) is 0 Å². The van der Waals surface area contributed by atoms with E-state index in [9.17, 15) is 0 Å². The minimum Gasteiger partial charge on any atom is -0.469 e. The van der Waals surface area contributed by atoms with Crippen LogP contribution in [0.1, 0.15) is 62.4 Å². The summed E-state index contributed by atoms with van der Waals surface area (Å²) in [5, 5.41) is 10.6. The average molecular weight is 385 g/mol. The van der Waals surface area contributed by atoms with Gasteiger partial charge in [0, 0.05) is 38.5 Å². The molecule has 0 unspecified atom stereocenters. The first-order chi connectivity index (χ1) is 13.9. The van der Waals surface area contributed by atoms with Gasteiger partial charge in [0.2, 0.25) is 0 Å². The van der Waals surface area contributed by atoms with Gasteiger partial charge < -0.3 is 14.6 Å². The van der Waals surface area contributed by atoms with E-state index in [1.807, 2.05) is 12.1 Å². The zero-order chi connectivity index (χ0) is 19.0. The Bertz CT molecular complexity index is 697. The fourth-order valence-electron chi connectivity index (χ4n) is 4.38. The topological polar surface area (TPSA) is 82.3 Å². The number of likely N-dealkylation sites (tertiary alicyclic amines) is 1. The standard InChI is InChI=1S/C21H32N6O/c1-2-5-17(6-3-1)15-23-21(22-11-8-19-7-4-14-28-19)27-12-9-18(10-13-27)20-24-16-25-26-20/h4,7,14,16-18H,1-3,5-6,8-13,15H2,(H,22,23)(H,24,25,26). The van der Waals surface area contributed by atoms with E-state index in [0.29, 0.717) is 5.92 Å². The normalized spacial score (nSPS) is 19.9. The van der Waals surface area contributed by atoms with Gasteiger partial charge in [0.1, 0.15) is 17.9 Å². The molecule has 7 heteroatoms. The van der Waals surface area contributed by atoms with E-state index < -0.39 is 0 Å². The van der Waals surface area contributed by atoms with Crippen LogP contribution in [-0.2, 0) is 6.42 Å². The number of hydrogen-bond donors (Lipinski definition) is 2. The fourth-order valence-corrected chi connectivity index (χ4v) is 4.38. The van der Waals surface area contributed by atoms with Crippen LogP contribution < -0.4 is 5.32 Å². The number of aliphatic imine (C=N–C) groups is 1. The Morgan fingerprint density at radius 2 is 2.07 bits per heavy atom. The third-order valence-corrected chi connectivity index (χ3v) is 6.07. The van der Waals surface area contributed by atoms with E-state index in [2.05, 4.69) is 25.4 Å². The van der Waals surface area contributed by atoms with Crippen molar-refractivity contribution in [1.82, 2.24) is 25.4 Å². The van der Waals surface area contributed by atoms with Crippen molar-refractivity contribution < 1.29 is 4.42 Å². The van der Waals surface area contributed by atoms with Crippen molar-refractivity contribution in [1.29, 1.82) is 0 Å². The minimum absolute atomic E-state index is 0.474. The molecular weight excluding hydrogens is 352 g/mol.